The monoisotopic (exact) mass is 447 g/mol. The van der Waals surface area contributed by atoms with Crippen molar-refractivity contribution in [3.05, 3.63) is 52.2 Å². The average molecular weight is 448 g/mol. The van der Waals surface area contributed by atoms with Crippen LogP contribution in [-0.2, 0) is 10.0 Å². The van der Waals surface area contributed by atoms with E-state index in [-0.39, 0.29) is 10.8 Å². The van der Waals surface area contributed by atoms with E-state index < -0.39 is 10.0 Å². The molecule has 6 nitrogen and oxygen atoms in total. The van der Waals surface area contributed by atoms with Gasteiger partial charge in [-0.1, -0.05) is 6.07 Å². The zero-order valence-corrected chi connectivity index (χ0v) is 18.8. The number of likely N-dealkylation sites (tertiary alicyclic amines) is 1. The van der Waals surface area contributed by atoms with Crippen LogP contribution in [0, 0.1) is 0 Å². The second-order valence-electron chi connectivity index (χ2n) is 8.02. The van der Waals surface area contributed by atoms with Crippen molar-refractivity contribution >= 4 is 27.3 Å². The SMILES string of the molecule is O=C(NCCN1CCC(c2cccs2)CC1)c1ccc(S(=O)(=O)N2CCCC2)cc1. The molecular weight excluding hydrogens is 418 g/mol. The molecule has 1 aromatic heterocycles. The number of sulfonamides is 1. The molecule has 162 valence electrons. The maximum atomic E-state index is 12.6. The molecule has 1 N–H and O–H groups in total. The van der Waals surface area contributed by atoms with E-state index in [1.54, 1.807) is 12.1 Å². The highest BCUT2D eigenvalue weighted by Gasteiger charge is 2.27. The minimum Gasteiger partial charge on any atom is -0.351 e. The van der Waals surface area contributed by atoms with Gasteiger partial charge in [0.2, 0.25) is 10.0 Å². The summed E-state index contributed by atoms with van der Waals surface area (Å²) in [7, 11) is -3.44. The summed E-state index contributed by atoms with van der Waals surface area (Å²) in [5.41, 5.74) is 0.492. The van der Waals surface area contributed by atoms with Crippen LogP contribution in [0.5, 0.6) is 0 Å². The van der Waals surface area contributed by atoms with Gasteiger partial charge < -0.3 is 10.2 Å². The highest BCUT2D eigenvalue weighted by atomic mass is 32.2. The van der Waals surface area contributed by atoms with E-state index in [1.165, 1.54) is 34.2 Å². The summed E-state index contributed by atoms with van der Waals surface area (Å²) in [4.78, 5) is 16.6. The van der Waals surface area contributed by atoms with Crippen LogP contribution < -0.4 is 5.32 Å². The quantitative estimate of drug-likeness (QED) is 0.708. The molecule has 30 heavy (non-hydrogen) atoms. The van der Waals surface area contributed by atoms with Crippen LogP contribution in [0.15, 0.2) is 46.7 Å². The van der Waals surface area contributed by atoms with Gasteiger partial charge in [-0.15, -0.1) is 11.3 Å². The van der Waals surface area contributed by atoms with Gasteiger partial charge in [0, 0.05) is 36.6 Å². The molecule has 4 rings (SSSR count). The molecule has 3 heterocycles. The molecule has 0 unspecified atom stereocenters. The van der Waals surface area contributed by atoms with Crippen LogP contribution in [-0.4, -0.2) is 62.8 Å². The molecule has 0 radical (unpaired) electrons. The molecule has 2 aliphatic heterocycles. The summed E-state index contributed by atoms with van der Waals surface area (Å²) < 4.78 is 26.7. The van der Waals surface area contributed by atoms with E-state index in [1.807, 2.05) is 11.3 Å². The lowest BCUT2D eigenvalue weighted by Gasteiger charge is -2.31. The van der Waals surface area contributed by atoms with Crippen molar-refractivity contribution in [2.75, 3.05) is 39.3 Å². The number of hydrogen-bond donors (Lipinski definition) is 1. The second-order valence-corrected chi connectivity index (χ2v) is 10.9. The minimum absolute atomic E-state index is 0.159. The maximum Gasteiger partial charge on any atom is 0.251 e. The van der Waals surface area contributed by atoms with E-state index in [0.29, 0.717) is 31.1 Å². The van der Waals surface area contributed by atoms with Crippen LogP contribution in [0.3, 0.4) is 0 Å². The number of benzene rings is 1. The fourth-order valence-electron chi connectivity index (χ4n) is 4.25. The molecule has 2 saturated heterocycles. The van der Waals surface area contributed by atoms with Gasteiger partial charge in [-0.05, 0) is 80.4 Å². The first-order valence-electron chi connectivity index (χ1n) is 10.7. The van der Waals surface area contributed by atoms with Crippen LogP contribution in [0.4, 0.5) is 0 Å². The molecule has 1 aromatic carbocycles. The van der Waals surface area contributed by atoms with Crippen LogP contribution >= 0.6 is 11.3 Å². The lowest BCUT2D eigenvalue weighted by molar-refractivity contribution is 0.0945. The first kappa shape index (κ1) is 21.5. The Balaban J connectivity index is 1.23. The predicted octanol–water partition coefficient (Wildman–Crippen LogP) is 3.14. The Hall–Kier alpha value is -1.74. The standard InChI is InChI=1S/C22H29N3O3S2/c26-22(19-5-7-20(8-6-19)30(27,28)25-12-1-2-13-25)23-11-16-24-14-9-18(10-15-24)21-4-3-17-29-21/h3-8,17-18H,1-2,9-16H2,(H,23,26). The highest BCUT2D eigenvalue weighted by molar-refractivity contribution is 7.89. The van der Waals surface area contributed by atoms with Gasteiger partial charge in [0.1, 0.15) is 0 Å². The maximum absolute atomic E-state index is 12.6. The van der Waals surface area contributed by atoms with E-state index in [9.17, 15) is 13.2 Å². The van der Waals surface area contributed by atoms with Crippen molar-refractivity contribution in [1.82, 2.24) is 14.5 Å². The van der Waals surface area contributed by atoms with Crippen LogP contribution in [0.1, 0.15) is 46.8 Å². The van der Waals surface area contributed by atoms with Gasteiger partial charge in [0.05, 0.1) is 4.90 Å². The van der Waals surface area contributed by atoms with Crippen molar-refractivity contribution in [2.45, 2.75) is 36.5 Å². The first-order valence-corrected chi connectivity index (χ1v) is 13.0. The van der Waals surface area contributed by atoms with Crippen molar-refractivity contribution < 1.29 is 13.2 Å². The van der Waals surface area contributed by atoms with E-state index in [4.69, 9.17) is 0 Å². The number of carbonyl (C=O) groups excluding carboxylic acids is 1. The Kier molecular flexibility index (Phi) is 6.87. The van der Waals surface area contributed by atoms with Gasteiger partial charge in [-0.2, -0.15) is 4.31 Å². The van der Waals surface area contributed by atoms with Crippen molar-refractivity contribution in [1.29, 1.82) is 0 Å². The van der Waals surface area contributed by atoms with E-state index in [2.05, 4.69) is 27.7 Å². The number of thiophene rings is 1. The topological polar surface area (TPSA) is 69.7 Å². The van der Waals surface area contributed by atoms with Gasteiger partial charge in [0.15, 0.2) is 0 Å². The molecule has 0 saturated carbocycles. The van der Waals surface area contributed by atoms with Crippen LogP contribution in [0.25, 0.3) is 0 Å². The molecule has 0 atom stereocenters. The molecule has 2 aliphatic rings. The van der Waals surface area contributed by atoms with Crippen molar-refractivity contribution in [3.8, 4) is 0 Å². The van der Waals surface area contributed by atoms with Gasteiger partial charge in [-0.25, -0.2) is 8.42 Å². The van der Waals surface area contributed by atoms with Gasteiger partial charge in [0.25, 0.3) is 5.91 Å². The second kappa shape index (κ2) is 9.60. The van der Waals surface area contributed by atoms with Crippen LogP contribution in [0.2, 0.25) is 0 Å². The summed E-state index contributed by atoms with van der Waals surface area (Å²) in [5, 5.41) is 5.10. The molecular formula is C22H29N3O3S2. The third-order valence-corrected chi connectivity index (χ3v) is 9.01. The first-order chi connectivity index (χ1) is 14.5. The normalized spacial score (nSPS) is 19.2. The molecule has 0 bridgehead atoms. The summed E-state index contributed by atoms with van der Waals surface area (Å²) >= 11 is 1.84. The summed E-state index contributed by atoms with van der Waals surface area (Å²) in [5.74, 6) is 0.514. The number of hydrogen-bond acceptors (Lipinski definition) is 5. The van der Waals surface area contributed by atoms with Gasteiger partial charge >= 0.3 is 0 Å². The zero-order chi connectivity index (χ0) is 21.0. The molecule has 0 aliphatic carbocycles. The van der Waals surface area contributed by atoms with E-state index >= 15 is 0 Å². The Morgan fingerprint density at radius 2 is 1.73 bits per heavy atom. The molecule has 0 spiro atoms. The molecule has 2 aromatic rings. The number of amides is 1. The van der Waals surface area contributed by atoms with Crippen molar-refractivity contribution in [3.63, 3.8) is 0 Å². The number of nitrogens with zero attached hydrogens (tertiary/aromatic N) is 2. The Morgan fingerprint density at radius 3 is 2.37 bits per heavy atom. The number of rotatable bonds is 7. The Labute approximate surface area is 182 Å². The number of nitrogens with one attached hydrogen (secondary N) is 1. The predicted molar refractivity (Wildman–Crippen MR) is 120 cm³/mol. The van der Waals surface area contributed by atoms with Crippen molar-refractivity contribution in [2.24, 2.45) is 0 Å². The Bertz CT molecular complexity index is 929. The third-order valence-electron chi connectivity index (χ3n) is 6.07. The van der Waals surface area contributed by atoms with E-state index in [0.717, 1.165) is 32.5 Å². The molecule has 1 amide bonds. The summed E-state index contributed by atoms with van der Waals surface area (Å²) in [6, 6.07) is 10.6. The Morgan fingerprint density at radius 1 is 1.03 bits per heavy atom. The highest BCUT2D eigenvalue weighted by Crippen LogP contribution is 2.30. The largest absolute Gasteiger partial charge is 0.351 e. The third kappa shape index (κ3) is 4.94. The lowest BCUT2D eigenvalue weighted by atomic mass is 9.95. The lowest BCUT2D eigenvalue weighted by Crippen LogP contribution is -2.39. The number of piperidine rings is 1. The molecule has 2 fully saturated rings. The number of carbonyl (C=O) groups is 1. The fourth-order valence-corrected chi connectivity index (χ4v) is 6.67. The average Bonchev–Trinajstić information content (AvgIpc) is 3.49. The van der Waals surface area contributed by atoms with Gasteiger partial charge in [-0.3, -0.25) is 4.79 Å². The molecule has 8 heteroatoms. The fraction of sp³-hybridized carbons (Fsp3) is 0.500. The minimum atomic E-state index is -3.44. The zero-order valence-electron chi connectivity index (χ0n) is 17.1. The summed E-state index contributed by atoms with van der Waals surface area (Å²) in [6.07, 6.45) is 4.15. The smallest absolute Gasteiger partial charge is 0.251 e. The summed E-state index contributed by atoms with van der Waals surface area (Å²) in [6.45, 7) is 4.70.